The third kappa shape index (κ3) is 3.56. The normalized spacial score (nSPS) is 24.0. The molecule has 5 heteroatoms. The first-order chi connectivity index (χ1) is 11.8. The average molecular weight is 324 g/mol. The van der Waals surface area contributed by atoms with Gasteiger partial charge in [0.25, 0.3) is 5.56 Å². The second-order valence-corrected chi connectivity index (χ2v) is 7.09. The zero-order chi connectivity index (χ0) is 16.4. The third-order valence-electron chi connectivity index (χ3n) is 5.24. The molecule has 0 spiro atoms. The summed E-state index contributed by atoms with van der Waals surface area (Å²) in [5, 5.41) is 8.32. The van der Waals surface area contributed by atoms with Gasteiger partial charge in [-0.1, -0.05) is 0 Å². The van der Waals surface area contributed by atoms with Crippen molar-refractivity contribution in [3.63, 3.8) is 0 Å². The van der Waals surface area contributed by atoms with Crippen LogP contribution in [0.3, 0.4) is 0 Å². The summed E-state index contributed by atoms with van der Waals surface area (Å²) >= 11 is 0. The molecule has 0 unspecified atom stereocenters. The first kappa shape index (κ1) is 15.5. The maximum absolute atomic E-state index is 12.3. The van der Waals surface area contributed by atoms with Crippen LogP contribution in [0.4, 0.5) is 0 Å². The molecule has 24 heavy (non-hydrogen) atoms. The lowest BCUT2D eigenvalue weighted by atomic mass is 9.91. The molecule has 0 aliphatic heterocycles. The number of rotatable bonds is 5. The van der Waals surface area contributed by atoms with E-state index < -0.39 is 0 Å². The molecule has 4 rings (SSSR count). The minimum atomic E-state index is 0.00203. The standard InChI is InChI=1S/C19H24N4O/c24-19-8-7-18(15-9-11-20-12-10-15)22-23(19)17-5-3-16(4-6-17)21-13-14-1-2-14/h7-12,14,16-17,21H,1-6,13H2. The Morgan fingerprint density at radius 2 is 1.75 bits per heavy atom. The molecule has 5 nitrogen and oxygen atoms in total. The smallest absolute Gasteiger partial charge is 0.267 e. The van der Waals surface area contributed by atoms with Crippen LogP contribution < -0.4 is 10.9 Å². The van der Waals surface area contributed by atoms with Gasteiger partial charge in [-0.25, -0.2) is 4.68 Å². The first-order valence-electron chi connectivity index (χ1n) is 9.03. The van der Waals surface area contributed by atoms with Crippen molar-refractivity contribution >= 4 is 0 Å². The molecule has 2 aliphatic carbocycles. The molecule has 0 radical (unpaired) electrons. The van der Waals surface area contributed by atoms with Crippen LogP contribution in [-0.4, -0.2) is 27.4 Å². The van der Waals surface area contributed by atoms with Gasteiger partial charge in [0.05, 0.1) is 11.7 Å². The Morgan fingerprint density at radius 3 is 2.46 bits per heavy atom. The van der Waals surface area contributed by atoms with E-state index in [2.05, 4.69) is 15.4 Å². The number of aromatic nitrogens is 3. The van der Waals surface area contributed by atoms with E-state index in [9.17, 15) is 4.79 Å². The summed E-state index contributed by atoms with van der Waals surface area (Å²) in [4.78, 5) is 16.3. The van der Waals surface area contributed by atoms with E-state index in [1.807, 2.05) is 12.1 Å². The van der Waals surface area contributed by atoms with E-state index in [-0.39, 0.29) is 11.6 Å². The number of hydrogen-bond donors (Lipinski definition) is 1. The van der Waals surface area contributed by atoms with Gasteiger partial charge in [-0.3, -0.25) is 9.78 Å². The molecule has 0 bridgehead atoms. The molecular formula is C19H24N4O. The minimum Gasteiger partial charge on any atom is -0.314 e. The van der Waals surface area contributed by atoms with Crippen LogP contribution in [0.2, 0.25) is 0 Å². The monoisotopic (exact) mass is 324 g/mol. The first-order valence-corrected chi connectivity index (χ1v) is 9.03. The van der Waals surface area contributed by atoms with Crippen molar-refractivity contribution in [2.24, 2.45) is 5.92 Å². The minimum absolute atomic E-state index is 0.00203. The molecular weight excluding hydrogens is 300 g/mol. The van der Waals surface area contributed by atoms with Crippen LogP contribution in [0, 0.1) is 5.92 Å². The summed E-state index contributed by atoms with van der Waals surface area (Å²) in [5.74, 6) is 0.920. The van der Waals surface area contributed by atoms with E-state index in [4.69, 9.17) is 0 Å². The van der Waals surface area contributed by atoms with Gasteiger partial charge >= 0.3 is 0 Å². The summed E-state index contributed by atoms with van der Waals surface area (Å²) in [7, 11) is 0. The van der Waals surface area contributed by atoms with Gasteiger partial charge in [0, 0.05) is 30.1 Å². The number of nitrogens with zero attached hydrogens (tertiary/aromatic N) is 3. The lowest BCUT2D eigenvalue weighted by molar-refractivity contribution is 0.269. The second kappa shape index (κ2) is 6.85. The van der Waals surface area contributed by atoms with Crippen molar-refractivity contribution in [2.45, 2.75) is 50.6 Å². The van der Waals surface area contributed by atoms with E-state index in [0.717, 1.165) is 42.9 Å². The highest BCUT2D eigenvalue weighted by Crippen LogP contribution is 2.30. The molecule has 0 saturated heterocycles. The van der Waals surface area contributed by atoms with Crippen LogP contribution in [0.25, 0.3) is 11.3 Å². The summed E-state index contributed by atoms with van der Waals surface area (Å²) in [6.07, 6.45) is 10.6. The topological polar surface area (TPSA) is 59.8 Å². The highest BCUT2D eigenvalue weighted by atomic mass is 16.1. The summed E-state index contributed by atoms with van der Waals surface area (Å²) in [6.45, 7) is 1.17. The summed E-state index contributed by atoms with van der Waals surface area (Å²) < 4.78 is 1.70. The Labute approximate surface area is 142 Å². The van der Waals surface area contributed by atoms with Gasteiger partial charge in [0.1, 0.15) is 0 Å². The molecule has 0 aromatic carbocycles. The Hall–Kier alpha value is -2.01. The SMILES string of the molecule is O=c1ccc(-c2ccncc2)nn1C1CCC(NCC2CC2)CC1. The fraction of sp³-hybridized carbons (Fsp3) is 0.526. The Morgan fingerprint density at radius 1 is 1.00 bits per heavy atom. The second-order valence-electron chi connectivity index (χ2n) is 7.09. The zero-order valence-electron chi connectivity index (χ0n) is 13.9. The van der Waals surface area contributed by atoms with Crippen molar-refractivity contribution in [3.8, 4) is 11.3 Å². The number of pyridine rings is 1. The maximum atomic E-state index is 12.3. The lowest BCUT2D eigenvalue weighted by Crippen LogP contribution is -2.37. The molecule has 0 amide bonds. The highest BCUT2D eigenvalue weighted by Gasteiger charge is 2.26. The Bertz CT molecular complexity index is 731. The van der Waals surface area contributed by atoms with Crippen LogP contribution in [-0.2, 0) is 0 Å². The highest BCUT2D eigenvalue weighted by molar-refractivity contribution is 5.57. The quantitative estimate of drug-likeness (QED) is 0.919. The van der Waals surface area contributed by atoms with Gasteiger partial charge in [0.15, 0.2) is 0 Å². The average Bonchev–Trinajstić information content (AvgIpc) is 3.46. The number of nitrogens with one attached hydrogen (secondary N) is 1. The molecule has 2 aromatic rings. The zero-order valence-corrected chi connectivity index (χ0v) is 13.9. The van der Waals surface area contributed by atoms with Gasteiger partial charge in [-0.05, 0) is 69.2 Å². The van der Waals surface area contributed by atoms with Gasteiger partial charge in [0.2, 0.25) is 0 Å². The fourth-order valence-corrected chi connectivity index (χ4v) is 3.54. The molecule has 126 valence electrons. The van der Waals surface area contributed by atoms with E-state index >= 15 is 0 Å². The van der Waals surface area contributed by atoms with Gasteiger partial charge in [-0.15, -0.1) is 0 Å². The van der Waals surface area contributed by atoms with Crippen LogP contribution in [0.15, 0.2) is 41.5 Å². The lowest BCUT2D eigenvalue weighted by Gasteiger charge is -2.29. The van der Waals surface area contributed by atoms with E-state index in [1.165, 1.54) is 19.4 Å². The predicted molar refractivity (Wildman–Crippen MR) is 93.7 cm³/mol. The molecule has 2 fully saturated rings. The third-order valence-corrected chi connectivity index (χ3v) is 5.24. The van der Waals surface area contributed by atoms with Gasteiger partial charge in [-0.2, -0.15) is 5.10 Å². The fourth-order valence-electron chi connectivity index (χ4n) is 3.54. The van der Waals surface area contributed by atoms with Crippen molar-refractivity contribution in [2.75, 3.05) is 6.54 Å². The maximum Gasteiger partial charge on any atom is 0.267 e. The predicted octanol–water partition coefficient (Wildman–Crippen LogP) is 2.79. The van der Waals surface area contributed by atoms with Crippen LogP contribution >= 0.6 is 0 Å². The van der Waals surface area contributed by atoms with E-state index in [0.29, 0.717) is 6.04 Å². The summed E-state index contributed by atoms with van der Waals surface area (Å²) in [5.41, 5.74) is 1.84. The molecule has 2 aromatic heterocycles. The largest absolute Gasteiger partial charge is 0.314 e. The molecule has 2 saturated carbocycles. The van der Waals surface area contributed by atoms with Crippen LogP contribution in [0.1, 0.15) is 44.6 Å². The molecule has 0 atom stereocenters. The van der Waals surface area contributed by atoms with Crippen molar-refractivity contribution in [1.82, 2.24) is 20.1 Å². The number of hydrogen-bond acceptors (Lipinski definition) is 4. The summed E-state index contributed by atoms with van der Waals surface area (Å²) in [6, 6.07) is 8.13. The Balaban J connectivity index is 1.45. The van der Waals surface area contributed by atoms with E-state index in [1.54, 1.807) is 29.2 Å². The van der Waals surface area contributed by atoms with Crippen LogP contribution in [0.5, 0.6) is 0 Å². The molecule has 2 aliphatic rings. The molecule has 1 N–H and O–H groups in total. The van der Waals surface area contributed by atoms with Gasteiger partial charge < -0.3 is 5.32 Å². The van der Waals surface area contributed by atoms with Crippen molar-refractivity contribution < 1.29 is 0 Å². The van der Waals surface area contributed by atoms with Crippen molar-refractivity contribution in [3.05, 3.63) is 47.0 Å². The molecule has 2 heterocycles. The Kier molecular flexibility index (Phi) is 4.43. The van der Waals surface area contributed by atoms with Crippen molar-refractivity contribution in [1.29, 1.82) is 0 Å².